The molecule has 158 valence electrons. The molecule has 8 nitrogen and oxygen atoms in total. The van der Waals surface area contributed by atoms with Crippen molar-refractivity contribution in [1.29, 1.82) is 0 Å². The fraction of sp³-hybridized carbons (Fsp3) is 0.409. The number of pyridine rings is 1. The third-order valence-corrected chi connectivity index (χ3v) is 5.10. The smallest absolute Gasteiger partial charge is 0.253 e. The Balaban J connectivity index is 1.68. The van der Waals surface area contributed by atoms with Gasteiger partial charge in [0.15, 0.2) is 5.82 Å². The van der Waals surface area contributed by atoms with Gasteiger partial charge in [0, 0.05) is 35.8 Å². The van der Waals surface area contributed by atoms with Gasteiger partial charge in [-0.15, -0.1) is 0 Å². The number of ether oxygens (including phenoxy) is 1. The van der Waals surface area contributed by atoms with Gasteiger partial charge in [-0.3, -0.25) is 9.89 Å². The summed E-state index contributed by atoms with van der Waals surface area (Å²) in [6.07, 6.45) is 0.885. The number of hydrogen-bond donors (Lipinski definition) is 3. The number of fused-ring (bicyclic) bond motifs is 1. The van der Waals surface area contributed by atoms with Crippen LogP contribution in [0.3, 0.4) is 0 Å². The molecule has 0 saturated carbocycles. The van der Waals surface area contributed by atoms with Crippen LogP contribution >= 0.6 is 0 Å². The minimum atomic E-state index is -0.313. The summed E-state index contributed by atoms with van der Waals surface area (Å²) in [5.74, 6) is 1.74. The minimum Gasteiger partial charge on any atom is -0.474 e. The van der Waals surface area contributed by atoms with Gasteiger partial charge in [0.2, 0.25) is 5.88 Å². The maximum absolute atomic E-state index is 13.0. The van der Waals surface area contributed by atoms with Crippen molar-refractivity contribution in [1.82, 2.24) is 20.1 Å². The topological polar surface area (TPSA) is 103 Å². The van der Waals surface area contributed by atoms with E-state index in [9.17, 15) is 9.90 Å². The Labute approximate surface area is 175 Å². The minimum absolute atomic E-state index is 0.0237. The normalized spacial score (nSPS) is 15.0. The molecule has 0 spiro atoms. The molecule has 3 heterocycles. The molecule has 1 aliphatic heterocycles. The number of carbonyl (C=O) groups excluding carboxylic acids is 1. The number of likely N-dealkylation sites (tertiary alicyclic amines) is 1. The van der Waals surface area contributed by atoms with Crippen molar-refractivity contribution in [3.05, 3.63) is 41.6 Å². The van der Waals surface area contributed by atoms with Gasteiger partial charge in [0.05, 0.1) is 12.2 Å². The van der Waals surface area contributed by atoms with E-state index in [2.05, 4.69) is 20.5 Å². The number of nitrogens with one attached hydrogen (secondary N) is 2. The van der Waals surface area contributed by atoms with Crippen LogP contribution in [0.25, 0.3) is 10.8 Å². The Hall–Kier alpha value is -3.13. The summed E-state index contributed by atoms with van der Waals surface area (Å²) in [7, 11) is 0. The third-order valence-electron chi connectivity index (χ3n) is 5.10. The van der Waals surface area contributed by atoms with Crippen molar-refractivity contribution in [2.45, 2.75) is 45.8 Å². The zero-order chi connectivity index (χ0) is 21.3. The highest BCUT2D eigenvalue weighted by Gasteiger charge is 2.23. The molecule has 0 bridgehead atoms. The molecule has 4 rings (SSSR count). The average molecular weight is 409 g/mol. The number of carbonyl (C=O) groups is 1. The Kier molecular flexibility index (Phi) is 5.59. The molecular weight excluding hydrogens is 382 g/mol. The Morgan fingerprint density at radius 1 is 1.23 bits per heavy atom. The van der Waals surface area contributed by atoms with Crippen molar-refractivity contribution in [2.75, 3.05) is 18.4 Å². The number of anilines is 2. The van der Waals surface area contributed by atoms with E-state index >= 15 is 0 Å². The predicted molar refractivity (Wildman–Crippen MR) is 115 cm³/mol. The number of hydrogen-bond acceptors (Lipinski definition) is 6. The second-order valence-electron chi connectivity index (χ2n) is 8.00. The van der Waals surface area contributed by atoms with E-state index in [1.165, 1.54) is 0 Å². The molecular formula is C22H27N5O3. The molecule has 8 heteroatoms. The van der Waals surface area contributed by atoms with E-state index in [0.29, 0.717) is 49.0 Å². The summed E-state index contributed by atoms with van der Waals surface area (Å²) in [6.45, 7) is 6.97. The zero-order valence-corrected chi connectivity index (χ0v) is 17.5. The SMILES string of the molecule is Cc1cc(Nc2cc3cc(C(=O)N4CCC(O)CC4)ccc3c(OC(C)C)n2)n[nH]1. The maximum Gasteiger partial charge on any atom is 0.253 e. The van der Waals surface area contributed by atoms with Gasteiger partial charge >= 0.3 is 0 Å². The summed E-state index contributed by atoms with van der Waals surface area (Å²) < 4.78 is 5.94. The molecule has 1 saturated heterocycles. The number of amides is 1. The number of benzene rings is 1. The molecule has 0 aliphatic carbocycles. The van der Waals surface area contributed by atoms with E-state index in [1.54, 1.807) is 4.90 Å². The Morgan fingerprint density at radius 2 is 2.00 bits per heavy atom. The summed E-state index contributed by atoms with van der Waals surface area (Å²) in [4.78, 5) is 19.4. The Morgan fingerprint density at radius 3 is 2.67 bits per heavy atom. The average Bonchev–Trinajstić information content (AvgIpc) is 3.11. The molecule has 1 fully saturated rings. The fourth-order valence-electron chi connectivity index (χ4n) is 3.60. The highest BCUT2D eigenvalue weighted by Crippen LogP contribution is 2.30. The van der Waals surface area contributed by atoms with Crippen LogP contribution in [0.15, 0.2) is 30.3 Å². The van der Waals surface area contributed by atoms with Crippen LogP contribution in [0.2, 0.25) is 0 Å². The van der Waals surface area contributed by atoms with Crippen LogP contribution in [0, 0.1) is 6.92 Å². The van der Waals surface area contributed by atoms with Crippen molar-refractivity contribution in [3.63, 3.8) is 0 Å². The standard InChI is InChI=1S/C22H27N5O3/c1-13(2)30-21-18-5-4-15(22(29)27-8-6-17(28)7-9-27)11-16(18)12-19(24-21)23-20-10-14(3)25-26-20/h4-5,10-13,17,28H,6-9H2,1-3H3,(H2,23,24,25,26). The predicted octanol–water partition coefficient (Wildman–Crippen LogP) is 3.39. The largest absolute Gasteiger partial charge is 0.474 e. The number of aliphatic hydroxyl groups is 1. The quantitative estimate of drug-likeness (QED) is 0.597. The number of rotatable bonds is 5. The van der Waals surface area contributed by atoms with Crippen molar-refractivity contribution in [3.8, 4) is 5.88 Å². The van der Waals surface area contributed by atoms with Gasteiger partial charge in [-0.2, -0.15) is 10.1 Å². The molecule has 0 atom stereocenters. The van der Waals surface area contributed by atoms with E-state index in [4.69, 9.17) is 4.74 Å². The van der Waals surface area contributed by atoms with Crippen LogP contribution in [0.4, 0.5) is 11.6 Å². The molecule has 2 aromatic heterocycles. The highest BCUT2D eigenvalue weighted by molar-refractivity contribution is 6.00. The second kappa shape index (κ2) is 8.31. The van der Waals surface area contributed by atoms with Crippen LogP contribution in [-0.2, 0) is 0 Å². The number of aromatic amines is 1. The first-order valence-electron chi connectivity index (χ1n) is 10.3. The first-order chi connectivity index (χ1) is 14.4. The van der Waals surface area contributed by atoms with E-state index in [1.807, 2.05) is 51.1 Å². The molecule has 0 unspecified atom stereocenters. The van der Waals surface area contributed by atoms with E-state index < -0.39 is 0 Å². The Bertz CT molecular complexity index is 1050. The number of aliphatic hydroxyl groups excluding tert-OH is 1. The van der Waals surface area contributed by atoms with Gasteiger partial charge < -0.3 is 20.1 Å². The molecule has 3 aromatic rings. The van der Waals surface area contributed by atoms with Crippen LogP contribution in [-0.4, -0.2) is 56.4 Å². The van der Waals surface area contributed by atoms with E-state index in [0.717, 1.165) is 16.5 Å². The number of aromatic nitrogens is 3. The number of H-pyrrole nitrogens is 1. The third kappa shape index (κ3) is 4.38. The van der Waals surface area contributed by atoms with Gasteiger partial charge in [0.25, 0.3) is 5.91 Å². The van der Waals surface area contributed by atoms with Gasteiger partial charge in [-0.25, -0.2) is 0 Å². The molecule has 3 N–H and O–H groups in total. The molecule has 0 radical (unpaired) electrons. The lowest BCUT2D eigenvalue weighted by Gasteiger charge is -2.29. The summed E-state index contributed by atoms with van der Waals surface area (Å²) in [5, 5.41) is 21.7. The molecule has 1 amide bonds. The van der Waals surface area contributed by atoms with Crippen LogP contribution in [0.1, 0.15) is 42.7 Å². The number of nitrogens with zero attached hydrogens (tertiary/aromatic N) is 3. The maximum atomic E-state index is 13.0. The summed E-state index contributed by atoms with van der Waals surface area (Å²) >= 11 is 0. The van der Waals surface area contributed by atoms with E-state index in [-0.39, 0.29) is 18.1 Å². The fourth-order valence-corrected chi connectivity index (χ4v) is 3.60. The summed E-state index contributed by atoms with van der Waals surface area (Å²) in [6, 6.07) is 9.35. The lowest BCUT2D eigenvalue weighted by atomic mass is 10.0. The highest BCUT2D eigenvalue weighted by atomic mass is 16.5. The second-order valence-corrected chi connectivity index (χ2v) is 8.00. The van der Waals surface area contributed by atoms with Gasteiger partial charge in [0.1, 0.15) is 5.82 Å². The van der Waals surface area contributed by atoms with Crippen LogP contribution in [0.5, 0.6) is 5.88 Å². The van der Waals surface area contributed by atoms with Gasteiger partial charge in [-0.05, 0) is 63.3 Å². The zero-order valence-electron chi connectivity index (χ0n) is 17.5. The molecule has 1 aromatic carbocycles. The monoisotopic (exact) mass is 409 g/mol. The lowest BCUT2D eigenvalue weighted by molar-refractivity contribution is 0.0546. The van der Waals surface area contributed by atoms with Crippen molar-refractivity contribution < 1.29 is 14.6 Å². The summed E-state index contributed by atoms with van der Waals surface area (Å²) in [5.41, 5.74) is 1.55. The van der Waals surface area contributed by atoms with Gasteiger partial charge in [-0.1, -0.05) is 0 Å². The van der Waals surface area contributed by atoms with Crippen molar-refractivity contribution >= 4 is 28.3 Å². The van der Waals surface area contributed by atoms with Crippen molar-refractivity contribution in [2.24, 2.45) is 0 Å². The molecule has 30 heavy (non-hydrogen) atoms. The van der Waals surface area contributed by atoms with Crippen LogP contribution < -0.4 is 10.1 Å². The number of aryl methyl sites for hydroxylation is 1. The lowest BCUT2D eigenvalue weighted by Crippen LogP contribution is -2.40. The number of piperidine rings is 1. The molecule has 1 aliphatic rings. The first kappa shape index (κ1) is 20.2. The first-order valence-corrected chi connectivity index (χ1v) is 10.3.